The number of aliphatic hydroxyl groups excluding tert-OH is 1. The number of hydrogen-bond acceptors (Lipinski definition) is 3. The molecule has 0 unspecified atom stereocenters. The van der Waals surface area contributed by atoms with Crippen molar-refractivity contribution in [2.45, 2.75) is 32.0 Å². The summed E-state index contributed by atoms with van der Waals surface area (Å²) in [4.78, 5) is 12.9. The number of hydrogen-bond donors (Lipinski definition) is 2. The first-order chi connectivity index (χ1) is 5.70. The first-order valence-corrected chi connectivity index (χ1v) is 4.34. The van der Waals surface area contributed by atoms with E-state index in [1.165, 1.54) is 0 Å². The monoisotopic (exact) mass is 173 g/mol. The van der Waals surface area contributed by atoms with Gasteiger partial charge in [0.2, 0.25) is 5.91 Å². The number of piperidine rings is 1. The van der Waals surface area contributed by atoms with E-state index in [1.807, 2.05) is 0 Å². The maximum absolute atomic E-state index is 11.2. The minimum Gasteiger partial charge on any atom is -0.368 e. The van der Waals surface area contributed by atoms with E-state index in [1.54, 1.807) is 4.90 Å². The number of carbonyl (C=O) groups is 1. The highest BCUT2D eigenvalue weighted by molar-refractivity contribution is 5.76. The van der Waals surface area contributed by atoms with Gasteiger partial charge in [-0.15, -0.1) is 0 Å². The Balaban J connectivity index is 2.25. The molecule has 4 nitrogen and oxygen atoms in total. The smallest absolute Gasteiger partial charge is 0.222 e. The molecule has 0 aromatic heterocycles. The third-order valence-corrected chi connectivity index (χ3v) is 2.08. The Hall–Kier alpha value is -0.610. The SMILES string of the molecule is O=C1CCCCN1CCC(O)O. The molecule has 0 radical (unpaired) electrons. The quantitative estimate of drug-likeness (QED) is 0.576. The number of nitrogens with zero attached hydrogens (tertiary/aromatic N) is 1. The topological polar surface area (TPSA) is 60.8 Å². The number of likely N-dealkylation sites (tertiary alicyclic amines) is 1. The predicted molar refractivity (Wildman–Crippen MR) is 43.3 cm³/mol. The summed E-state index contributed by atoms with van der Waals surface area (Å²) in [5.41, 5.74) is 0. The molecule has 0 bridgehead atoms. The second-order valence-corrected chi connectivity index (χ2v) is 3.11. The minimum atomic E-state index is -1.29. The van der Waals surface area contributed by atoms with Crippen molar-refractivity contribution < 1.29 is 15.0 Å². The van der Waals surface area contributed by atoms with E-state index in [4.69, 9.17) is 10.2 Å². The summed E-state index contributed by atoms with van der Waals surface area (Å²) in [5.74, 6) is 0.141. The van der Waals surface area contributed by atoms with Crippen LogP contribution in [0.4, 0.5) is 0 Å². The summed E-state index contributed by atoms with van der Waals surface area (Å²) in [7, 11) is 0. The van der Waals surface area contributed by atoms with Crippen LogP contribution in [-0.2, 0) is 4.79 Å². The summed E-state index contributed by atoms with van der Waals surface area (Å²) >= 11 is 0. The van der Waals surface area contributed by atoms with Crippen molar-refractivity contribution in [3.63, 3.8) is 0 Å². The number of rotatable bonds is 3. The lowest BCUT2D eigenvalue weighted by Crippen LogP contribution is -2.37. The van der Waals surface area contributed by atoms with E-state index in [2.05, 4.69) is 0 Å². The van der Waals surface area contributed by atoms with Crippen molar-refractivity contribution in [1.29, 1.82) is 0 Å². The van der Waals surface area contributed by atoms with Crippen LogP contribution in [0, 0.1) is 0 Å². The first kappa shape index (κ1) is 9.48. The zero-order valence-electron chi connectivity index (χ0n) is 7.07. The van der Waals surface area contributed by atoms with Crippen LogP contribution in [0.2, 0.25) is 0 Å². The molecular formula is C8H15NO3. The third-order valence-electron chi connectivity index (χ3n) is 2.08. The molecule has 0 spiro atoms. The van der Waals surface area contributed by atoms with Gasteiger partial charge in [-0.2, -0.15) is 0 Å². The van der Waals surface area contributed by atoms with Gasteiger partial charge in [0.05, 0.1) is 0 Å². The van der Waals surface area contributed by atoms with Gasteiger partial charge in [-0.25, -0.2) is 0 Å². The van der Waals surface area contributed by atoms with E-state index < -0.39 is 6.29 Å². The molecule has 1 rings (SSSR count). The van der Waals surface area contributed by atoms with Gasteiger partial charge in [0.1, 0.15) is 0 Å². The van der Waals surface area contributed by atoms with Gasteiger partial charge in [-0.3, -0.25) is 4.79 Å². The van der Waals surface area contributed by atoms with E-state index in [9.17, 15) is 4.79 Å². The lowest BCUT2D eigenvalue weighted by Gasteiger charge is -2.26. The molecule has 1 fully saturated rings. The van der Waals surface area contributed by atoms with Gasteiger partial charge in [-0.1, -0.05) is 0 Å². The van der Waals surface area contributed by atoms with Crippen LogP contribution in [0.25, 0.3) is 0 Å². The summed E-state index contributed by atoms with van der Waals surface area (Å²) in [6.07, 6.45) is 1.58. The lowest BCUT2D eigenvalue weighted by atomic mass is 10.1. The van der Waals surface area contributed by atoms with Crippen molar-refractivity contribution >= 4 is 5.91 Å². The van der Waals surface area contributed by atoms with Crippen LogP contribution in [0.1, 0.15) is 25.7 Å². The molecule has 1 saturated heterocycles. The summed E-state index contributed by atoms with van der Waals surface area (Å²) < 4.78 is 0. The molecule has 0 aliphatic carbocycles. The maximum Gasteiger partial charge on any atom is 0.222 e. The van der Waals surface area contributed by atoms with Crippen LogP contribution in [-0.4, -0.2) is 40.4 Å². The largest absolute Gasteiger partial charge is 0.368 e. The first-order valence-electron chi connectivity index (χ1n) is 4.34. The van der Waals surface area contributed by atoms with E-state index in [0.29, 0.717) is 13.0 Å². The molecule has 0 aromatic rings. The zero-order chi connectivity index (χ0) is 8.97. The highest BCUT2D eigenvalue weighted by atomic mass is 16.5. The van der Waals surface area contributed by atoms with Gasteiger partial charge in [0.25, 0.3) is 0 Å². The van der Waals surface area contributed by atoms with Crippen molar-refractivity contribution in [3.05, 3.63) is 0 Å². The van der Waals surface area contributed by atoms with Crippen molar-refractivity contribution in [1.82, 2.24) is 4.90 Å². The number of carbonyl (C=O) groups excluding carboxylic acids is 1. The Kier molecular flexibility index (Phi) is 3.49. The van der Waals surface area contributed by atoms with Crippen LogP contribution in [0.3, 0.4) is 0 Å². The molecule has 1 aliphatic rings. The molecule has 2 N–H and O–H groups in total. The third kappa shape index (κ3) is 2.79. The number of amides is 1. The van der Waals surface area contributed by atoms with Crippen molar-refractivity contribution in [2.24, 2.45) is 0 Å². The standard InChI is InChI=1S/C8H15NO3/c10-7-3-1-2-5-9(7)6-4-8(11)12/h8,11-12H,1-6H2. The van der Waals surface area contributed by atoms with Gasteiger partial charge >= 0.3 is 0 Å². The minimum absolute atomic E-state index is 0.141. The van der Waals surface area contributed by atoms with Gasteiger partial charge < -0.3 is 15.1 Å². The van der Waals surface area contributed by atoms with Crippen LogP contribution >= 0.6 is 0 Å². The molecule has 12 heavy (non-hydrogen) atoms. The van der Waals surface area contributed by atoms with E-state index >= 15 is 0 Å². The fourth-order valence-corrected chi connectivity index (χ4v) is 1.37. The second kappa shape index (κ2) is 4.42. The maximum atomic E-state index is 11.2. The normalized spacial score (nSPS) is 18.9. The molecule has 0 atom stereocenters. The average Bonchev–Trinajstić information content (AvgIpc) is 2.03. The molecule has 1 heterocycles. The van der Waals surface area contributed by atoms with Crippen LogP contribution in [0.5, 0.6) is 0 Å². The van der Waals surface area contributed by atoms with Crippen LogP contribution in [0.15, 0.2) is 0 Å². The fraction of sp³-hybridized carbons (Fsp3) is 0.875. The van der Waals surface area contributed by atoms with Gasteiger partial charge in [0, 0.05) is 25.9 Å². The molecule has 1 amide bonds. The molecule has 1 aliphatic heterocycles. The van der Waals surface area contributed by atoms with E-state index in [-0.39, 0.29) is 12.3 Å². The average molecular weight is 173 g/mol. The Bertz CT molecular complexity index is 158. The predicted octanol–water partition coefficient (Wildman–Crippen LogP) is -0.300. The van der Waals surface area contributed by atoms with Crippen molar-refractivity contribution in [3.8, 4) is 0 Å². The number of aliphatic hydroxyl groups is 2. The molecular weight excluding hydrogens is 158 g/mol. The summed E-state index contributed by atoms with van der Waals surface area (Å²) in [6, 6.07) is 0. The summed E-state index contributed by atoms with van der Waals surface area (Å²) in [5, 5.41) is 17.2. The van der Waals surface area contributed by atoms with Crippen molar-refractivity contribution in [2.75, 3.05) is 13.1 Å². The summed E-state index contributed by atoms with van der Waals surface area (Å²) in [6.45, 7) is 1.24. The Morgan fingerprint density at radius 2 is 2.17 bits per heavy atom. The van der Waals surface area contributed by atoms with E-state index in [0.717, 1.165) is 19.4 Å². The lowest BCUT2D eigenvalue weighted by molar-refractivity contribution is -0.134. The Morgan fingerprint density at radius 1 is 1.42 bits per heavy atom. The molecule has 0 aromatic carbocycles. The van der Waals surface area contributed by atoms with Gasteiger partial charge in [-0.05, 0) is 12.8 Å². The Labute approximate surface area is 71.8 Å². The van der Waals surface area contributed by atoms with Crippen LogP contribution < -0.4 is 0 Å². The molecule has 0 saturated carbocycles. The Morgan fingerprint density at radius 3 is 2.75 bits per heavy atom. The highest BCUT2D eigenvalue weighted by Gasteiger charge is 2.17. The second-order valence-electron chi connectivity index (χ2n) is 3.11. The zero-order valence-corrected chi connectivity index (χ0v) is 7.07. The molecule has 4 heteroatoms. The van der Waals surface area contributed by atoms with Gasteiger partial charge in [0.15, 0.2) is 6.29 Å². The fourth-order valence-electron chi connectivity index (χ4n) is 1.37. The molecule has 70 valence electrons. The highest BCUT2D eigenvalue weighted by Crippen LogP contribution is 2.10.